The highest BCUT2D eigenvalue weighted by atomic mass is 16.5. The summed E-state index contributed by atoms with van der Waals surface area (Å²) < 4.78 is 5.95. The molecule has 0 spiro atoms. The third-order valence-corrected chi connectivity index (χ3v) is 8.45. The van der Waals surface area contributed by atoms with Crippen LogP contribution in [-0.4, -0.2) is 42.4 Å². The standard InChI is InChI=1S/C26H39NO2/c1-24-12-20-13-25(2,17-24)19-26(14-20,18-24)21-6-8-23(9-7-21)29-16-22(28)15-27-10-4-3-5-11-27/h6-9,20,22,28H,3-5,10-19H2,1-2H3/t20?,22-,24?,25?,26?/m0/s1. The van der Waals surface area contributed by atoms with E-state index in [4.69, 9.17) is 4.74 Å². The van der Waals surface area contributed by atoms with Crippen LogP contribution in [0.2, 0.25) is 0 Å². The first-order valence-electron chi connectivity index (χ1n) is 12.0. The number of nitrogens with zero attached hydrogens (tertiary/aromatic N) is 1. The van der Waals surface area contributed by atoms with Gasteiger partial charge in [-0.3, -0.25) is 0 Å². The number of β-amino-alcohol motifs (C(OH)–C–C–N with tert-alkyl or cyclic N) is 1. The monoisotopic (exact) mass is 397 g/mol. The number of likely N-dealkylation sites (tertiary alicyclic amines) is 1. The first-order valence-corrected chi connectivity index (χ1v) is 12.0. The zero-order valence-corrected chi connectivity index (χ0v) is 18.5. The molecule has 1 N–H and O–H groups in total. The van der Waals surface area contributed by atoms with E-state index in [-0.39, 0.29) is 0 Å². The van der Waals surface area contributed by atoms with Crippen LogP contribution in [0.25, 0.3) is 0 Å². The number of benzene rings is 1. The minimum Gasteiger partial charge on any atom is -0.491 e. The molecule has 5 aliphatic rings. The molecule has 160 valence electrons. The highest BCUT2D eigenvalue weighted by Crippen LogP contribution is 2.69. The predicted molar refractivity (Wildman–Crippen MR) is 117 cm³/mol. The molecule has 1 saturated heterocycles. The van der Waals surface area contributed by atoms with Crippen molar-refractivity contribution in [3.05, 3.63) is 29.8 Å². The van der Waals surface area contributed by atoms with E-state index in [1.54, 1.807) is 0 Å². The van der Waals surface area contributed by atoms with Crippen LogP contribution < -0.4 is 4.74 Å². The lowest BCUT2D eigenvalue weighted by molar-refractivity contribution is -0.110. The molecule has 3 heteroatoms. The van der Waals surface area contributed by atoms with Gasteiger partial charge in [0, 0.05) is 6.54 Å². The Labute approximate surface area is 176 Å². The highest BCUT2D eigenvalue weighted by molar-refractivity contribution is 5.36. The summed E-state index contributed by atoms with van der Waals surface area (Å²) in [5, 5.41) is 10.4. The van der Waals surface area contributed by atoms with Gasteiger partial charge in [-0.15, -0.1) is 0 Å². The summed E-state index contributed by atoms with van der Waals surface area (Å²) in [5.41, 5.74) is 3.00. The van der Waals surface area contributed by atoms with E-state index in [0.717, 1.165) is 31.3 Å². The van der Waals surface area contributed by atoms with Gasteiger partial charge in [0.1, 0.15) is 18.5 Å². The smallest absolute Gasteiger partial charge is 0.119 e. The van der Waals surface area contributed by atoms with Gasteiger partial charge < -0.3 is 14.7 Å². The first-order chi connectivity index (χ1) is 13.9. The Balaban J connectivity index is 1.22. The summed E-state index contributed by atoms with van der Waals surface area (Å²) in [4.78, 5) is 2.37. The predicted octanol–water partition coefficient (Wildman–Crippen LogP) is 5.16. The number of ether oxygens (including phenoxy) is 1. The van der Waals surface area contributed by atoms with Gasteiger partial charge in [0.15, 0.2) is 0 Å². The van der Waals surface area contributed by atoms with Crippen LogP contribution in [0.5, 0.6) is 5.75 Å². The van der Waals surface area contributed by atoms with Crippen LogP contribution in [0.15, 0.2) is 24.3 Å². The van der Waals surface area contributed by atoms with E-state index in [1.165, 1.54) is 63.4 Å². The maximum atomic E-state index is 10.4. The van der Waals surface area contributed by atoms with Gasteiger partial charge in [-0.2, -0.15) is 0 Å². The number of piperidine rings is 1. The zero-order chi connectivity index (χ0) is 20.1. The summed E-state index contributed by atoms with van der Waals surface area (Å²) in [6.45, 7) is 8.45. The topological polar surface area (TPSA) is 32.7 Å². The van der Waals surface area contributed by atoms with Gasteiger partial charge in [-0.1, -0.05) is 32.4 Å². The van der Waals surface area contributed by atoms with Crippen molar-refractivity contribution < 1.29 is 9.84 Å². The van der Waals surface area contributed by atoms with Gasteiger partial charge in [0.25, 0.3) is 0 Å². The van der Waals surface area contributed by atoms with E-state index in [0.29, 0.717) is 22.9 Å². The molecule has 29 heavy (non-hydrogen) atoms. The van der Waals surface area contributed by atoms with Crippen LogP contribution >= 0.6 is 0 Å². The Morgan fingerprint density at radius 1 is 0.966 bits per heavy atom. The van der Waals surface area contributed by atoms with Crippen molar-refractivity contribution in [3.8, 4) is 5.75 Å². The Morgan fingerprint density at radius 2 is 1.62 bits per heavy atom. The summed E-state index contributed by atoms with van der Waals surface area (Å²) in [6, 6.07) is 8.94. The molecule has 6 rings (SSSR count). The molecule has 4 bridgehead atoms. The molecule has 0 amide bonds. The lowest BCUT2D eigenvalue weighted by Gasteiger charge is -2.65. The van der Waals surface area contributed by atoms with Gasteiger partial charge in [-0.25, -0.2) is 0 Å². The largest absolute Gasteiger partial charge is 0.491 e. The summed E-state index contributed by atoms with van der Waals surface area (Å²) in [5.74, 6) is 1.82. The molecule has 1 aromatic rings. The fraction of sp³-hybridized carbons (Fsp3) is 0.769. The van der Waals surface area contributed by atoms with E-state index < -0.39 is 6.10 Å². The molecule has 4 saturated carbocycles. The van der Waals surface area contributed by atoms with Crippen molar-refractivity contribution in [2.75, 3.05) is 26.2 Å². The van der Waals surface area contributed by atoms with Crippen molar-refractivity contribution in [1.29, 1.82) is 0 Å². The second-order valence-electron chi connectivity index (χ2n) is 11.8. The molecule has 2 unspecified atom stereocenters. The van der Waals surface area contributed by atoms with Gasteiger partial charge in [-0.05, 0) is 104 Å². The summed E-state index contributed by atoms with van der Waals surface area (Å²) in [6.07, 6.45) is 11.9. The lowest BCUT2D eigenvalue weighted by atomic mass is 9.39. The fourth-order valence-corrected chi connectivity index (χ4v) is 8.36. The molecule has 0 aromatic heterocycles. The molecule has 5 fully saturated rings. The van der Waals surface area contributed by atoms with Crippen molar-refractivity contribution in [2.24, 2.45) is 16.7 Å². The maximum absolute atomic E-state index is 10.4. The van der Waals surface area contributed by atoms with E-state index in [9.17, 15) is 5.11 Å². The number of hydrogen-bond acceptors (Lipinski definition) is 3. The minimum absolute atomic E-state index is 0.384. The summed E-state index contributed by atoms with van der Waals surface area (Å²) in [7, 11) is 0. The van der Waals surface area contributed by atoms with Crippen molar-refractivity contribution >= 4 is 0 Å². The van der Waals surface area contributed by atoms with E-state index >= 15 is 0 Å². The van der Waals surface area contributed by atoms with Crippen LogP contribution in [0.1, 0.15) is 77.2 Å². The van der Waals surface area contributed by atoms with Crippen LogP contribution in [-0.2, 0) is 5.41 Å². The average Bonchev–Trinajstić information content (AvgIpc) is 2.65. The third kappa shape index (κ3) is 3.97. The number of aliphatic hydroxyl groups is 1. The Bertz CT molecular complexity index is 705. The molecule has 3 nitrogen and oxygen atoms in total. The Morgan fingerprint density at radius 3 is 2.24 bits per heavy atom. The van der Waals surface area contributed by atoms with Crippen molar-refractivity contribution in [3.63, 3.8) is 0 Å². The number of hydrogen-bond donors (Lipinski definition) is 1. The number of aliphatic hydroxyl groups excluding tert-OH is 1. The van der Waals surface area contributed by atoms with E-state index in [1.807, 2.05) is 0 Å². The molecule has 1 aromatic carbocycles. The Kier molecular flexibility index (Phi) is 4.98. The molecule has 3 atom stereocenters. The molecule has 4 aliphatic carbocycles. The van der Waals surface area contributed by atoms with Gasteiger partial charge >= 0.3 is 0 Å². The maximum Gasteiger partial charge on any atom is 0.119 e. The molecule has 0 radical (unpaired) electrons. The fourth-order valence-electron chi connectivity index (χ4n) is 8.36. The normalized spacial score (nSPS) is 40.2. The van der Waals surface area contributed by atoms with Crippen molar-refractivity contribution in [1.82, 2.24) is 4.90 Å². The molecule has 1 heterocycles. The molecular weight excluding hydrogens is 358 g/mol. The Hall–Kier alpha value is -1.06. The molecular formula is C26H39NO2. The van der Waals surface area contributed by atoms with Gasteiger partial charge in [0.2, 0.25) is 0 Å². The van der Waals surface area contributed by atoms with Crippen LogP contribution in [0.4, 0.5) is 0 Å². The summed E-state index contributed by atoms with van der Waals surface area (Å²) >= 11 is 0. The zero-order valence-electron chi connectivity index (χ0n) is 18.5. The van der Waals surface area contributed by atoms with Crippen LogP contribution in [0, 0.1) is 16.7 Å². The first kappa shape index (κ1) is 19.9. The minimum atomic E-state index is -0.407. The second kappa shape index (κ2) is 7.27. The lowest BCUT2D eigenvalue weighted by Crippen LogP contribution is -2.56. The molecule has 1 aliphatic heterocycles. The van der Waals surface area contributed by atoms with Crippen LogP contribution in [0.3, 0.4) is 0 Å². The quantitative estimate of drug-likeness (QED) is 0.720. The average molecular weight is 398 g/mol. The SMILES string of the molecule is CC12CC3CC(C)(C1)CC(c1ccc(OC[C@@H](O)CN4CCCCC4)cc1)(C3)C2. The highest BCUT2D eigenvalue weighted by Gasteiger charge is 2.60. The number of rotatable bonds is 6. The second-order valence-corrected chi connectivity index (χ2v) is 11.8. The van der Waals surface area contributed by atoms with Crippen molar-refractivity contribution in [2.45, 2.75) is 83.2 Å². The third-order valence-electron chi connectivity index (χ3n) is 8.45. The van der Waals surface area contributed by atoms with Gasteiger partial charge in [0.05, 0.1) is 0 Å². The van der Waals surface area contributed by atoms with E-state index in [2.05, 4.69) is 43.0 Å².